The molecule has 2 rings (SSSR count). The topological polar surface area (TPSA) is 68.0 Å². The number of nitrogens with one attached hydrogen (secondary N) is 1. The Balaban J connectivity index is 1.96. The van der Waals surface area contributed by atoms with E-state index in [0.29, 0.717) is 23.7 Å². The fraction of sp³-hybridized carbons (Fsp3) is 0.200. The van der Waals surface area contributed by atoms with E-state index in [1.165, 1.54) is 0 Å². The average molecular weight is 290 g/mol. The molecule has 0 atom stereocenters. The Labute approximate surface area is 123 Å². The smallest absolute Gasteiger partial charge is 0.248 e. The number of primary amides is 1. The van der Waals surface area contributed by atoms with Gasteiger partial charge in [-0.1, -0.05) is 23.7 Å². The molecular formula is C15H16ClN3O. The lowest BCUT2D eigenvalue weighted by Gasteiger charge is -2.08. The van der Waals surface area contributed by atoms with Crippen LogP contribution in [0.4, 0.5) is 0 Å². The molecule has 1 heterocycles. The third-order valence-corrected chi connectivity index (χ3v) is 3.26. The first-order chi connectivity index (χ1) is 9.56. The van der Waals surface area contributed by atoms with Gasteiger partial charge in [-0.25, -0.2) is 0 Å². The van der Waals surface area contributed by atoms with Crippen LogP contribution in [0.3, 0.4) is 0 Å². The molecule has 5 heteroatoms. The van der Waals surface area contributed by atoms with E-state index in [1.807, 2.05) is 25.1 Å². The third-order valence-electron chi connectivity index (χ3n) is 2.91. The number of aryl methyl sites for hydroxylation is 1. The zero-order chi connectivity index (χ0) is 14.5. The second kappa shape index (κ2) is 6.50. The SMILES string of the molecule is Cc1cccc(CNCc2ccc(C(N)=O)cc2Cl)n1. The number of nitrogens with two attached hydrogens (primary N) is 1. The summed E-state index contributed by atoms with van der Waals surface area (Å²) in [6.45, 7) is 3.23. The molecule has 1 aromatic heterocycles. The highest BCUT2D eigenvalue weighted by atomic mass is 35.5. The monoisotopic (exact) mass is 289 g/mol. The summed E-state index contributed by atoms with van der Waals surface area (Å²) in [5.41, 5.74) is 8.51. The lowest BCUT2D eigenvalue weighted by Crippen LogP contribution is -2.15. The van der Waals surface area contributed by atoms with Crippen LogP contribution < -0.4 is 11.1 Å². The molecule has 0 saturated carbocycles. The Morgan fingerprint density at radius 1 is 1.30 bits per heavy atom. The van der Waals surface area contributed by atoms with Gasteiger partial charge in [-0.05, 0) is 36.8 Å². The van der Waals surface area contributed by atoms with Gasteiger partial charge in [-0.2, -0.15) is 0 Å². The van der Waals surface area contributed by atoms with E-state index >= 15 is 0 Å². The van der Waals surface area contributed by atoms with Gasteiger partial charge >= 0.3 is 0 Å². The second-order valence-corrected chi connectivity index (χ2v) is 4.95. The Morgan fingerprint density at radius 2 is 2.10 bits per heavy atom. The van der Waals surface area contributed by atoms with Crippen molar-refractivity contribution >= 4 is 17.5 Å². The van der Waals surface area contributed by atoms with Crippen LogP contribution in [0.25, 0.3) is 0 Å². The van der Waals surface area contributed by atoms with Crippen LogP contribution in [0.1, 0.15) is 27.3 Å². The van der Waals surface area contributed by atoms with Crippen molar-refractivity contribution in [3.63, 3.8) is 0 Å². The number of hydrogen-bond acceptors (Lipinski definition) is 3. The highest BCUT2D eigenvalue weighted by Gasteiger charge is 2.05. The molecule has 0 aliphatic heterocycles. The summed E-state index contributed by atoms with van der Waals surface area (Å²) >= 11 is 6.12. The maximum atomic E-state index is 11.0. The molecule has 20 heavy (non-hydrogen) atoms. The van der Waals surface area contributed by atoms with Crippen LogP contribution in [0, 0.1) is 6.92 Å². The van der Waals surface area contributed by atoms with Crippen LogP contribution in [-0.4, -0.2) is 10.9 Å². The molecule has 1 aromatic carbocycles. The summed E-state index contributed by atoms with van der Waals surface area (Å²) in [5, 5.41) is 3.80. The van der Waals surface area contributed by atoms with Crippen molar-refractivity contribution in [1.29, 1.82) is 0 Å². The maximum absolute atomic E-state index is 11.0. The van der Waals surface area contributed by atoms with E-state index in [2.05, 4.69) is 10.3 Å². The number of nitrogens with zero attached hydrogens (tertiary/aromatic N) is 1. The van der Waals surface area contributed by atoms with E-state index in [-0.39, 0.29) is 0 Å². The van der Waals surface area contributed by atoms with Crippen LogP contribution >= 0.6 is 11.6 Å². The Morgan fingerprint density at radius 3 is 2.75 bits per heavy atom. The fourth-order valence-electron chi connectivity index (χ4n) is 1.87. The van der Waals surface area contributed by atoms with E-state index in [4.69, 9.17) is 17.3 Å². The molecular weight excluding hydrogens is 274 g/mol. The largest absolute Gasteiger partial charge is 0.366 e. The van der Waals surface area contributed by atoms with Crippen molar-refractivity contribution in [2.45, 2.75) is 20.0 Å². The van der Waals surface area contributed by atoms with Gasteiger partial charge < -0.3 is 11.1 Å². The number of rotatable bonds is 5. The molecule has 0 unspecified atom stereocenters. The van der Waals surface area contributed by atoms with Crippen LogP contribution in [-0.2, 0) is 13.1 Å². The van der Waals surface area contributed by atoms with Crippen molar-refractivity contribution in [2.75, 3.05) is 0 Å². The molecule has 0 saturated heterocycles. The maximum Gasteiger partial charge on any atom is 0.248 e. The second-order valence-electron chi connectivity index (χ2n) is 4.54. The van der Waals surface area contributed by atoms with Gasteiger partial charge in [0.25, 0.3) is 0 Å². The summed E-state index contributed by atoms with van der Waals surface area (Å²) in [4.78, 5) is 15.4. The van der Waals surface area contributed by atoms with Gasteiger partial charge in [-0.15, -0.1) is 0 Å². The van der Waals surface area contributed by atoms with E-state index in [1.54, 1.807) is 18.2 Å². The first-order valence-electron chi connectivity index (χ1n) is 6.28. The number of pyridine rings is 1. The van der Waals surface area contributed by atoms with E-state index in [0.717, 1.165) is 17.0 Å². The highest BCUT2D eigenvalue weighted by molar-refractivity contribution is 6.31. The summed E-state index contributed by atoms with van der Waals surface area (Å²) in [5.74, 6) is -0.477. The number of benzene rings is 1. The minimum absolute atomic E-state index is 0.416. The number of hydrogen-bond donors (Lipinski definition) is 2. The number of carbonyl (C=O) groups excluding carboxylic acids is 1. The van der Waals surface area contributed by atoms with Crippen molar-refractivity contribution in [1.82, 2.24) is 10.3 Å². The zero-order valence-corrected chi connectivity index (χ0v) is 11.9. The molecule has 0 fully saturated rings. The molecule has 104 valence electrons. The Hall–Kier alpha value is -1.91. The van der Waals surface area contributed by atoms with Crippen molar-refractivity contribution in [3.8, 4) is 0 Å². The number of carbonyl (C=O) groups is 1. The van der Waals surface area contributed by atoms with Gasteiger partial charge in [0, 0.05) is 29.4 Å². The number of aromatic nitrogens is 1. The molecule has 3 N–H and O–H groups in total. The van der Waals surface area contributed by atoms with Crippen LogP contribution in [0.2, 0.25) is 5.02 Å². The van der Waals surface area contributed by atoms with E-state index in [9.17, 15) is 4.79 Å². The molecule has 4 nitrogen and oxygen atoms in total. The minimum atomic E-state index is -0.477. The summed E-state index contributed by atoms with van der Waals surface area (Å²) < 4.78 is 0. The number of halogens is 1. The first kappa shape index (κ1) is 14.5. The summed E-state index contributed by atoms with van der Waals surface area (Å²) in [7, 11) is 0. The zero-order valence-electron chi connectivity index (χ0n) is 11.2. The van der Waals surface area contributed by atoms with Gasteiger partial charge in [0.15, 0.2) is 0 Å². The first-order valence-corrected chi connectivity index (χ1v) is 6.65. The summed E-state index contributed by atoms with van der Waals surface area (Å²) in [6, 6.07) is 11.0. The van der Waals surface area contributed by atoms with Gasteiger partial charge in [0.2, 0.25) is 5.91 Å². The fourth-order valence-corrected chi connectivity index (χ4v) is 2.11. The standard InChI is InChI=1S/C15H16ClN3O/c1-10-3-2-4-13(19-10)9-18-8-12-6-5-11(15(17)20)7-14(12)16/h2-7,18H,8-9H2,1H3,(H2,17,20). The molecule has 0 spiro atoms. The van der Waals surface area contributed by atoms with Crippen LogP contribution in [0.15, 0.2) is 36.4 Å². The Bertz CT molecular complexity index is 628. The third kappa shape index (κ3) is 3.79. The van der Waals surface area contributed by atoms with E-state index < -0.39 is 5.91 Å². The predicted octanol–water partition coefficient (Wildman–Crippen LogP) is 2.43. The molecule has 0 radical (unpaired) electrons. The predicted molar refractivity (Wildman–Crippen MR) is 79.5 cm³/mol. The normalized spacial score (nSPS) is 10.5. The molecule has 0 aliphatic rings. The molecule has 0 bridgehead atoms. The Kier molecular flexibility index (Phi) is 4.71. The number of amides is 1. The lowest BCUT2D eigenvalue weighted by molar-refractivity contribution is 0.100. The van der Waals surface area contributed by atoms with Crippen molar-refractivity contribution in [2.24, 2.45) is 5.73 Å². The van der Waals surface area contributed by atoms with Crippen LogP contribution in [0.5, 0.6) is 0 Å². The van der Waals surface area contributed by atoms with Crippen molar-refractivity contribution in [3.05, 3.63) is 63.9 Å². The molecule has 1 amide bonds. The molecule has 2 aromatic rings. The minimum Gasteiger partial charge on any atom is -0.366 e. The van der Waals surface area contributed by atoms with Gasteiger partial charge in [0.1, 0.15) is 0 Å². The van der Waals surface area contributed by atoms with Crippen molar-refractivity contribution < 1.29 is 4.79 Å². The van der Waals surface area contributed by atoms with Gasteiger partial charge in [-0.3, -0.25) is 9.78 Å². The quantitative estimate of drug-likeness (QED) is 0.888. The highest BCUT2D eigenvalue weighted by Crippen LogP contribution is 2.17. The summed E-state index contributed by atoms with van der Waals surface area (Å²) in [6.07, 6.45) is 0. The molecule has 0 aliphatic carbocycles. The lowest BCUT2D eigenvalue weighted by atomic mass is 10.1. The van der Waals surface area contributed by atoms with Gasteiger partial charge in [0.05, 0.1) is 5.69 Å². The average Bonchev–Trinajstić information content (AvgIpc) is 2.40.